The van der Waals surface area contributed by atoms with E-state index in [-0.39, 0.29) is 5.41 Å². The summed E-state index contributed by atoms with van der Waals surface area (Å²) in [6.07, 6.45) is 3.97. The average Bonchev–Trinajstić information content (AvgIpc) is 2.49. The highest BCUT2D eigenvalue weighted by Crippen LogP contribution is 2.34. The molecule has 2 atom stereocenters. The molecule has 1 aromatic rings. The molecule has 1 saturated heterocycles. The quantitative estimate of drug-likeness (QED) is 0.902. The van der Waals surface area contributed by atoms with Gasteiger partial charge in [0, 0.05) is 18.5 Å². The van der Waals surface area contributed by atoms with Crippen LogP contribution in [-0.2, 0) is 5.41 Å². The largest absolute Gasteiger partial charge is 0.330 e. The predicted molar refractivity (Wildman–Crippen MR) is 96.6 cm³/mol. The molecule has 0 amide bonds. The molecule has 0 saturated carbocycles. The summed E-state index contributed by atoms with van der Waals surface area (Å²) in [6.45, 7) is 14.5. The van der Waals surface area contributed by atoms with E-state index >= 15 is 0 Å². The molecule has 1 fully saturated rings. The summed E-state index contributed by atoms with van der Waals surface area (Å²) in [4.78, 5) is 2.64. The van der Waals surface area contributed by atoms with Crippen molar-refractivity contribution in [2.75, 3.05) is 19.6 Å². The second kappa shape index (κ2) is 7.14. The van der Waals surface area contributed by atoms with E-state index in [1.54, 1.807) is 0 Å². The molecule has 124 valence electrons. The number of hydrogen-bond donors (Lipinski definition) is 1. The van der Waals surface area contributed by atoms with E-state index in [1.807, 2.05) is 0 Å². The molecule has 1 aromatic carbocycles. The second-order valence-corrected chi connectivity index (χ2v) is 7.86. The molecule has 2 rings (SSSR count). The number of likely N-dealkylation sites (tertiary alicyclic amines) is 1. The van der Waals surface area contributed by atoms with Crippen molar-refractivity contribution in [3.63, 3.8) is 0 Å². The van der Waals surface area contributed by atoms with Gasteiger partial charge in [-0.25, -0.2) is 0 Å². The van der Waals surface area contributed by atoms with Crippen LogP contribution in [0.25, 0.3) is 0 Å². The van der Waals surface area contributed by atoms with Gasteiger partial charge >= 0.3 is 0 Å². The van der Waals surface area contributed by atoms with E-state index in [0.29, 0.717) is 12.0 Å². The number of nitrogens with two attached hydrogens (primary N) is 1. The Bertz CT molecular complexity index is 487. The molecule has 2 heteroatoms. The van der Waals surface area contributed by atoms with Crippen molar-refractivity contribution in [1.29, 1.82) is 0 Å². The van der Waals surface area contributed by atoms with Gasteiger partial charge in [-0.1, -0.05) is 52.3 Å². The number of nitrogens with zero attached hydrogens (tertiary/aromatic N) is 1. The molecule has 0 aliphatic carbocycles. The van der Waals surface area contributed by atoms with E-state index in [9.17, 15) is 0 Å². The maximum atomic E-state index is 6.25. The molecule has 0 radical (unpaired) electrons. The highest BCUT2D eigenvalue weighted by Gasteiger charge is 2.30. The Balaban J connectivity index is 2.37. The van der Waals surface area contributed by atoms with E-state index in [1.165, 1.54) is 42.5 Å². The lowest BCUT2D eigenvalue weighted by Crippen LogP contribution is -2.45. The minimum absolute atomic E-state index is 0.193. The van der Waals surface area contributed by atoms with Crippen molar-refractivity contribution in [3.05, 3.63) is 34.9 Å². The van der Waals surface area contributed by atoms with Crippen LogP contribution in [0.15, 0.2) is 18.2 Å². The van der Waals surface area contributed by atoms with Crippen LogP contribution in [0.4, 0.5) is 0 Å². The molecular weight excluding hydrogens is 268 g/mol. The number of aryl methyl sites for hydroxylation is 1. The monoisotopic (exact) mass is 302 g/mol. The minimum atomic E-state index is 0.193. The Kier molecular flexibility index (Phi) is 5.68. The summed E-state index contributed by atoms with van der Waals surface area (Å²) >= 11 is 0. The molecule has 0 bridgehead atoms. The zero-order valence-corrected chi connectivity index (χ0v) is 15.2. The first kappa shape index (κ1) is 17.5. The topological polar surface area (TPSA) is 29.3 Å². The van der Waals surface area contributed by atoms with Gasteiger partial charge < -0.3 is 10.6 Å². The van der Waals surface area contributed by atoms with Gasteiger partial charge in [0.25, 0.3) is 0 Å². The fourth-order valence-electron chi connectivity index (χ4n) is 3.86. The molecular formula is C20H34N2. The molecule has 2 nitrogen and oxygen atoms in total. The normalized spacial score (nSPS) is 21.8. The van der Waals surface area contributed by atoms with Crippen LogP contribution in [0.3, 0.4) is 0 Å². The molecule has 1 aliphatic rings. The van der Waals surface area contributed by atoms with Crippen LogP contribution in [0.1, 0.15) is 69.6 Å². The number of hydrogen-bond acceptors (Lipinski definition) is 2. The predicted octanol–water partition coefficient (Wildman–Crippen LogP) is 4.21. The molecule has 1 aliphatic heterocycles. The Labute approximate surface area is 137 Å². The van der Waals surface area contributed by atoms with E-state index < -0.39 is 0 Å². The molecule has 0 aromatic heterocycles. The summed E-state index contributed by atoms with van der Waals surface area (Å²) in [5.74, 6) is 0.461. The summed E-state index contributed by atoms with van der Waals surface area (Å²) in [6, 6.07) is 7.61. The van der Waals surface area contributed by atoms with Crippen LogP contribution in [-0.4, -0.2) is 30.6 Å². The Morgan fingerprint density at radius 1 is 1.27 bits per heavy atom. The summed E-state index contributed by atoms with van der Waals surface area (Å²) in [7, 11) is 0. The third-order valence-corrected chi connectivity index (χ3v) is 5.33. The molecule has 0 spiro atoms. The maximum Gasteiger partial charge on any atom is 0.0176 e. The molecule has 22 heavy (non-hydrogen) atoms. The number of piperidine rings is 1. The van der Waals surface area contributed by atoms with Gasteiger partial charge in [0.05, 0.1) is 0 Å². The van der Waals surface area contributed by atoms with Gasteiger partial charge in [-0.2, -0.15) is 0 Å². The van der Waals surface area contributed by atoms with Crippen LogP contribution in [0.2, 0.25) is 0 Å². The number of likely N-dealkylation sites (N-methyl/N-ethyl adjacent to an activating group) is 1. The zero-order chi connectivity index (χ0) is 16.3. The minimum Gasteiger partial charge on any atom is -0.330 e. The fourth-order valence-corrected chi connectivity index (χ4v) is 3.86. The summed E-state index contributed by atoms with van der Waals surface area (Å²) in [5.41, 5.74) is 10.7. The third kappa shape index (κ3) is 3.72. The summed E-state index contributed by atoms with van der Waals surface area (Å²) in [5, 5.41) is 0. The SMILES string of the molecule is CCN1CCCCC1C(CN)c1cc(C(C)(C)C)ccc1C. The van der Waals surface area contributed by atoms with Gasteiger partial charge in [0.15, 0.2) is 0 Å². The fraction of sp³-hybridized carbons (Fsp3) is 0.700. The smallest absolute Gasteiger partial charge is 0.0176 e. The van der Waals surface area contributed by atoms with Crippen LogP contribution in [0.5, 0.6) is 0 Å². The van der Waals surface area contributed by atoms with E-state index in [2.05, 4.69) is 57.7 Å². The Morgan fingerprint density at radius 3 is 2.59 bits per heavy atom. The van der Waals surface area contributed by atoms with Crippen molar-refractivity contribution in [2.24, 2.45) is 5.73 Å². The van der Waals surface area contributed by atoms with Gasteiger partial charge in [-0.05, 0) is 55.0 Å². The highest BCUT2D eigenvalue weighted by atomic mass is 15.2. The van der Waals surface area contributed by atoms with Crippen LogP contribution >= 0.6 is 0 Å². The molecule has 2 N–H and O–H groups in total. The van der Waals surface area contributed by atoms with E-state index in [4.69, 9.17) is 5.73 Å². The van der Waals surface area contributed by atoms with Gasteiger partial charge in [0.2, 0.25) is 0 Å². The lowest BCUT2D eigenvalue weighted by Gasteiger charge is -2.40. The number of rotatable bonds is 4. The first-order valence-electron chi connectivity index (χ1n) is 8.93. The zero-order valence-electron chi connectivity index (χ0n) is 15.2. The Hall–Kier alpha value is -0.860. The number of benzene rings is 1. The second-order valence-electron chi connectivity index (χ2n) is 7.86. The Morgan fingerprint density at radius 2 is 2.00 bits per heavy atom. The van der Waals surface area contributed by atoms with E-state index in [0.717, 1.165) is 13.1 Å². The van der Waals surface area contributed by atoms with Crippen molar-refractivity contribution in [3.8, 4) is 0 Å². The van der Waals surface area contributed by atoms with Crippen molar-refractivity contribution >= 4 is 0 Å². The first-order valence-corrected chi connectivity index (χ1v) is 8.93. The molecule has 1 heterocycles. The lowest BCUT2D eigenvalue weighted by molar-refractivity contribution is 0.133. The lowest BCUT2D eigenvalue weighted by atomic mass is 9.79. The van der Waals surface area contributed by atoms with Gasteiger partial charge in [0.1, 0.15) is 0 Å². The molecule has 2 unspecified atom stereocenters. The standard InChI is InChI=1S/C20H34N2/c1-6-22-12-8-7-9-19(22)18(14-21)17-13-16(20(3,4)5)11-10-15(17)2/h10-11,13,18-19H,6-9,12,14,21H2,1-5H3. The van der Waals surface area contributed by atoms with Crippen LogP contribution in [0, 0.1) is 6.92 Å². The third-order valence-electron chi connectivity index (χ3n) is 5.33. The van der Waals surface area contributed by atoms with Crippen molar-refractivity contribution in [2.45, 2.75) is 71.3 Å². The van der Waals surface area contributed by atoms with Crippen LogP contribution < -0.4 is 5.73 Å². The first-order chi connectivity index (χ1) is 10.4. The summed E-state index contributed by atoms with van der Waals surface area (Å²) < 4.78 is 0. The highest BCUT2D eigenvalue weighted by molar-refractivity contribution is 5.38. The van der Waals surface area contributed by atoms with Crippen molar-refractivity contribution in [1.82, 2.24) is 4.90 Å². The average molecular weight is 303 g/mol. The van der Waals surface area contributed by atoms with Crippen molar-refractivity contribution < 1.29 is 0 Å². The maximum absolute atomic E-state index is 6.25. The van der Waals surface area contributed by atoms with Gasteiger partial charge in [-0.15, -0.1) is 0 Å². The van der Waals surface area contributed by atoms with Gasteiger partial charge in [-0.3, -0.25) is 0 Å².